The molecular weight excluding hydrogens is 224 g/mol. The number of aliphatic hydroxyl groups excluding tert-OH is 1. The number of hydrogen-bond acceptors (Lipinski definition) is 5. The van der Waals surface area contributed by atoms with Gasteiger partial charge in [-0.15, -0.1) is 5.10 Å². The number of ether oxygens (including phenoxy) is 1. The summed E-state index contributed by atoms with van der Waals surface area (Å²) in [6.07, 6.45) is 0.921. The van der Waals surface area contributed by atoms with Crippen molar-refractivity contribution in [3.8, 4) is 5.75 Å². The molecule has 4 nitrogen and oxygen atoms in total. The van der Waals surface area contributed by atoms with Crippen molar-refractivity contribution >= 4 is 11.5 Å². The summed E-state index contributed by atoms with van der Waals surface area (Å²) in [6.45, 7) is 1.94. The van der Waals surface area contributed by atoms with Crippen molar-refractivity contribution < 1.29 is 9.84 Å². The van der Waals surface area contributed by atoms with Crippen molar-refractivity contribution in [2.24, 2.45) is 0 Å². The molecule has 1 aromatic carbocycles. The van der Waals surface area contributed by atoms with Crippen LogP contribution in [0.2, 0.25) is 0 Å². The van der Waals surface area contributed by atoms with Gasteiger partial charge in [0.15, 0.2) is 0 Å². The fourth-order valence-electron chi connectivity index (χ4n) is 1.53. The first-order chi connectivity index (χ1) is 7.72. The molecule has 1 atom stereocenters. The SMILES string of the molecule is COc1ccc(C(O)c2cnns2)c(C)c1. The maximum Gasteiger partial charge on any atom is 0.119 e. The average Bonchev–Trinajstić information content (AvgIpc) is 2.81. The van der Waals surface area contributed by atoms with Crippen LogP contribution in [0, 0.1) is 6.92 Å². The van der Waals surface area contributed by atoms with E-state index < -0.39 is 6.10 Å². The summed E-state index contributed by atoms with van der Waals surface area (Å²) in [7, 11) is 1.62. The van der Waals surface area contributed by atoms with Crippen LogP contribution in [0.4, 0.5) is 0 Å². The molecule has 0 aliphatic rings. The van der Waals surface area contributed by atoms with Crippen molar-refractivity contribution in [3.63, 3.8) is 0 Å². The van der Waals surface area contributed by atoms with Crippen LogP contribution in [0.25, 0.3) is 0 Å². The summed E-state index contributed by atoms with van der Waals surface area (Å²) in [5.41, 5.74) is 1.84. The molecule has 84 valence electrons. The van der Waals surface area contributed by atoms with Gasteiger partial charge in [-0.3, -0.25) is 0 Å². The molecule has 1 N–H and O–H groups in total. The maximum atomic E-state index is 10.1. The third kappa shape index (κ3) is 2.05. The van der Waals surface area contributed by atoms with Crippen LogP contribution in [0.15, 0.2) is 24.4 Å². The number of nitrogens with zero attached hydrogens (tertiary/aromatic N) is 2. The van der Waals surface area contributed by atoms with E-state index in [2.05, 4.69) is 9.59 Å². The van der Waals surface area contributed by atoms with Crippen LogP contribution >= 0.6 is 11.5 Å². The van der Waals surface area contributed by atoms with E-state index in [0.717, 1.165) is 21.8 Å². The van der Waals surface area contributed by atoms with Gasteiger partial charge in [-0.25, -0.2) is 0 Å². The van der Waals surface area contributed by atoms with E-state index in [1.165, 1.54) is 11.5 Å². The standard InChI is InChI=1S/C11H12N2O2S/c1-7-5-8(15-2)3-4-9(7)11(14)10-6-12-13-16-10/h3-6,11,14H,1-2H3. The van der Waals surface area contributed by atoms with Gasteiger partial charge in [0.25, 0.3) is 0 Å². The Morgan fingerprint density at radius 3 is 2.81 bits per heavy atom. The zero-order chi connectivity index (χ0) is 11.5. The fraction of sp³-hybridized carbons (Fsp3) is 0.273. The minimum absolute atomic E-state index is 0.661. The Morgan fingerprint density at radius 1 is 1.44 bits per heavy atom. The Labute approximate surface area is 97.7 Å². The number of hydrogen-bond donors (Lipinski definition) is 1. The lowest BCUT2D eigenvalue weighted by atomic mass is 10.0. The van der Waals surface area contributed by atoms with E-state index in [4.69, 9.17) is 4.74 Å². The first kappa shape index (κ1) is 11.0. The van der Waals surface area contributed by atoms with Gasteiger partial charge in [0, 0.05) is 0 Å². The summed E-state index contributed by atoms with van der Waals surface area (Å²) in [6, 6.07) is 5.59. The van der Waals surface area contributed by atoms with E-state index in [1.54, 1.807) is 13.3 Å². The van der Waals surface area contributed by atoms with Gasteiger partial charge in [-0.2, -0.15) is 0 Å². The van der Waals surface area contributed by atoms with E-state index >= 15 is 0 Å². The lowest BCUT2D eigenvalue weighted by Gasteiger charge is -2.12. The van der Waals surface area contributed by atoms with Crippen LogP contribution < -0.4 is 4.74 Å². The highest BCUT2D eigenvalue weighted by Gasteiger charge is 2.15. The van der Waals surface area contributed by atoms with Crippen molar-refractivity contribution in [1.82, 2.24) is 9.59 Å². The van der Waals surface area contributed by atoms with Gasteiger partial charge in [-0.1, -0.05) is 10.6 Å². The van der Waals surface area contributed by atoms with Gasteiger partial charge in [0.2, 0.25) is 0 Å². The highest BCUT2D eigenvalue weighted by Crippen LogP contribution is 2.28. The molecule has 16 heavy (non-hydrogen) atoms. The summed E-state index contributed by atoms with van der Waals surface area (Å²) in [4.78, 5) is 0.744. The second-order valence-electron chi connectivity index (χ2n) is 3.44. The van der Waals surface area contributed by atoms with Gasteiger partial charge in [0.1, 0.15) is 11.9 Å². The summed E-state index contributed by atoms with van der Waals surface area (Å²) >= 11 is 1.20. The predicted molar refractivity (Wildman–Crippen MR) is 61.7 cm³/mol. The number of aliphatic hydroxyl groups is 1. The third-order valence-corrected chi connectivity index (χ3v) is 3.13. The molecular formula is C11H12N2O2S. The fourth-order valence-corrected chi connectivity index (χ4v) is 2.04. The molecule has 0 saturated carbocycles. The van der Waals surface area contributed by atoms with Crippen molar-refractivity contribution in [1.29, 1.82) is 0 Å². The maximum absolute atomic E-state index is 10.1. The van der Waals surface area contributed by atoms with Crippen LogP contribution in [0.1, 0.15) is 22.1 Å². The molecule has 0 radical (unpaired) electrons. The Balaban J connectivity index is 2.34. The van der Waals surface area contributed by atoms with E-state index in [0.29, 0.717) is 0 Å². The molecule has 0 fully saturated rings. The molecule has 2 aromatic rings. The Hall–Kier alpha value is -1.46. The predicted octanol–water partition coefficient (Wildman–Crippen LogP) is 1.94. The second-order valence-corrected chi connectivity index (χ2v) is 4.26. The van der Waals surface area contributed by atoms with Gasteiger partial charge in [0.05, 0.1) is 18.2 Å². The number of rotatable bonds is 3. The quantitative estimate of drug-likeness (QED) is 0.884. The summed E-state index contributed by atoms with van der Waals surface area (Å²) in [5.74, 6) is 0.788. The summed E-state index contributed by atoms with van der Waals surface area (Å²) in [5, 5.41) is 13.8. The lowest BCUT2D eigenvalue weighted by Crippen LogP contribution is -2.00. The minimum atomic E-state index is -0.661. The van der Waals surface area contributed by atoms with Crippen LogP contribution in [-0.2, 0) is 0 Å². The van der Waals surface area contributed by atoms with E-state index in [1.807, 2.05) is 25.1 Å². The number of aromatic nitrogens is 2. The molecule has 1 unspecified atom stereocenters. The third-order valence-electron chi connectivity index (χ3n) is 2.42. The normalized spacial score (nSPS) is 12.4. The largest absolute Gasteiger partial charge is 0.497 e. The highest BCUT2D eigenvalue weighted by molar-refractivity contribution is 7.05. The second kappa shape index (κ2) is 4.59. The first-order valence-electron chi connectivity index (χ1n) is 4.82. The monoisotopic (exact) mass is 236 g/mol. The van der Waals surface area contributed by atoms with E-state index in [-0.39, 0.29) is 0 Å². The zero-order valence-electron chi connectivity index (χ0n) is 9.04. The molecule has 0 aliphatic carbocycles. The van der Waals surface area contributed by atoms with Crippen molar-refractivity contribution in [2.45, 2.75) is 13.0 Å². The van der Waals surface area contributed by atoms with Crippen LogP contribution in [0.5, 0.6) is 5.75 Å². The molecule has 0 spiro atoms. The van der Waals surface area contributed by atoms with Gasteiger partial charge in [-0.05, 0) is 41.7 Å². The molecule has 5 heteroatoms. The molecule has 0 bridgehead atoms. The van der Waals surface area contributed by atoms with Gasteiger partial charge < -0.3 is 9.84 Å². The Bertz CT molecular complexity index is 471. The minimum Gasteiger partial charge on any atom is -0.497 e. The molecule has 2 rings (SSSR count). The molecule has 0 amide bonds. The molecule has 1 heterocycles. The van der Waals surface area contributed by atoms with E-state index in [9.17, 15) is 5.11 Å². The smallest absolute Gasteiger partial charge is 0.119 e. The number of methoxy groups -OCH3 is 1. The molecule has 1 aromatic heterocycles. The van der Waals surface area contributed by atoms with Crippen LogP contribution in [-0.4, -0.2) is 21.8 Å². The summed E-state index contributed by atoms with van der Waals surface area (Å²) < 4.78 is 8.86. The van der Waals surface area contributed by atoms with Gasteiger partial charge >= 0.3 is 0 Å². The topological polar surface area (TPSA) is 55.2 Å². The lowest BCUT2D eigenvalue weighted by molar-refractivity contribution is 0.223. The average molecular weight is 236 g/mol. The first-order valence-corrected chi connectivity index (χ1v) is 5.59. The van der Waals surface area contributed by atoms with Crippen molar-refractivity contribution in [3.05, 3.63) is 40.4 Å². The Morgan fingerprint density at radius 2 is 2.25 bits per heavy atom. The Kier molecular flexibility index (Phi) is 3.17. The van der Waals surface area contributed by atoms with Crippen molar-refractivity contribution in [2.75, 3.05) is 7.11 Å². The molecule has 0 saturated heterocycles. The highest BCUT2D eigenvalue weighted by atomic mass is 32.1. The zero-order valence-corrected chi connectivity index (χ0v) is 9.86. The van der Waals surface area contributed by atoms with Crippen LogP contribution in [0.3, 0.4) is 0 Å². The molecule has 0 aliphatic heterocycles. The number of aryl methyl sites for hydroxylation is 1. The number of benzene rings is 1.